The van der Waals surface area contributed by atoms with Crippen LogP contribution in [-0.4, -0.2) is 56.0 Å². The summed E-state index contributed by atoms with van der Waals surface area (Å²) in [5.41, 5.74) is 0. The first-order valence-corrected chi connectivity index (χ1v) is 8.31. The van der Waals surface area contributed by atoms with Gasteiger partial charge in [0.1, 0.15) is 23.6 Å². The fourth-order valence-electron chi connectivity index (χ4n) is 2.62. The van der Waals surface area contributed by atoms with E-state index in [1.54, 1.807) is 20.8 Å². The van der Waals surface area contributed by atoms with E-state index in [-0.39, 0.29) is 24.9 Å². The Morgan fingerprint density at radius 2 is 1.68 bits per heavy atom. The Balaban J connectivity index is 2.14. The van der Waals surface area contributed by atoms with Crippen molar-refractivity contribution >= 4 is 9.84 Å². The van der Waals surface area contributed by atoms with Crippen molar-refractivity contribution in [1.82, 2.24) is 0 Å². The molecule has 0 amide bonds. The molecule has 0 saturated carbocycles. The molecule has 2 aliphatic rings. The Kier molecular flexibility index (Phi) is 3.99. The van der Waals surface area contributed by atoms with Crippen LogP contribution in [0, 0.1) is 0 Å². The van der Waals surface area contributed by atoms with Crippen molar-refractivity contribution in [1.29, 1.82) is 0 Å². The van der Waals surface area contributed by atoms with Crippen LogP contribution in [0.1, 0.15) is 34.6 Å². The van der Waals surface area contributed by atoms with Gasteiger partial charge in [-0.2, -0.15) is 0 Å². The van der Waals surface area contributed by atoms with Gasteiger partial charge in [-0.05, 0) is 34.6 Å². The fraction of sp³-hybridized carbons (Fsp3) is 1.00. The predicted molar refractivity (Wildman–Crippen MR) is 71.9 cm³/mol. The van der Waals surface area contributed by atoms with Gasteiger partial charge >= 0.3 is 0 Å². The van der Waals surface area contributed by atoms with Crippen molar-refractivity contribution in [2.75, 3.05) is 13.2 Å². The van der Waals surface area contributed by atoms with Crippen LogP contribution in [-0.2, 0) is 24.0 Å². The summed E-state index contributed by atoms with van der Waals surface area (Å²) in [5.74, 6) is 0. The van der Waals surface area contributed by atoms with Crippen LogP contribution in [0.2, 0.25) is 0 Å². The fourth-order valence-corrected chi connectivity index (χ4v) is 4.37. The Morgan fingerprint density at radius 3 is 2.21 bits per heavy atom. The molecule has 2 aliphatic heterocycles. The number of hydrogen-bond acceptors (Lipinski definition) is 5. The molecule has 0 aliphatic carbocycles. The molecule has 19 heavy (non-hydrogen) atoms. The summed E-state index contributed by atoms with van der Waals surface area (Å²) >= 11 is 0. The third-order valence-corrected chi connectivity index (χ3v) is 6.57. The van der Waals surface area contributed by atoms with Gasteiger partial charge < -0.3 is 14.2 Å². The molecule has 0 aromatic heterocycles. The molecule has 0 radical (unpaired) electrons. The minimum Gasteiger partial charge on any atom is -0.371 e. The smallest absolute Gasteiger partial charge is 0.162 e. The van der Waals surface area contributed by atoms with Gasteiger partial charge in [0.05, 0.1) is 24.1 Å². The molecule has 0 aromatic carbocycles. The van der Waals surface area contributed by atoms with Crippen molar-refractivity contribution in [3.63, 3.8) is 0 Å². The summed E-state index contributed by atoms with van der Waals surface area (Å²) < 4.78 is 41.3. The van der Waals surface area contributed by atoms with Gasteiger partial charge in [0, 0.05) is 0 Å². The molecule has 0 spiro atoms. The van der Waals surface area contributed by atoms with E-state index in [9.17, 15) is 8.42 Å². The lowest BCUT2D eigenvalue weighted by molar-refractivity contribution is -0.0568. The molecule has 0 N–H and O–H groups in total. The van der Waals surface area contributed by atoms with E-state index in [0.717, 1.165) is 0 Å². The van der Waals surface area contributed by atoms with Gasteiger partial charge in [0.25, 0.3) is 0 Å². The number of sulfone groups is 1. The van der Waals surface area contributed by atoms with Crippen LogP contribution < -0.4 is 0 Å². The molecule has 0 bridgehead atoms. The third-order valence-electron chi connectivity index (χ3n) is 3.66. The van der Waals surface area contributed by atoms with Crippen LogP contribution in [0.4, 0.5) is 0 Å². The molecule has 2 rings (SSSR count). The molecule has 5 nitrogen and oxygen atoms in total. The maximum absolute atomic E-state index is 12.5. The van der Waals surface area contributed by atoms with Gasteiger partial charge in [-0.15, -0.1) is 0 Å². The SMILES string of the molecule is CC(C)OC1CO[C@@H]2C(S(=O)(=O)C(C)(C)C)CO[C@H]12. The Bertz CT molecular complexity index is 423. The third kappa shape index (κ3) is 2.68. The van der Waals surface area contributed by atoms with E-state index < -0.39 is 25.9 Å². The minimum absolute atomic E-state index is 0.0780. The molecule has 2 fully saturated rings. The highest BCUT2D eigenvalue weighted by molar-refractivity contribution is 7.93. The summed E-state index contributed by atoms with van der Waals surface area (Å²) in [6, 6.07) is 0. The molecule has 112 valence electrons. The van der Waals surface area contributed by atoms with E-state index in [1.807, 2.05) is 13.8 Å². The molecular weight excluding hydrogens is 268 g/mol. The van der Waals surface area contributed by atoms with Crippen molar-refractivity contribution in [2.45, 2.75) is 69.0 Å². The lowest BCUT2D eigenvalue weighted by atomic mass is 10.1. The highest BCUT2D eigenvalue weighted by Crippen LogP contribution is 2.36. The molecule has 2 saturated heterocycles. The average Bonchev–Trinajstić information content (AvgIpc) is 2.78. The number of ether oxygens (including phenoxy) is 3. The monoisotopic (exact) mass is 292 g/mol. The zero-order valence-electron chi connectivity index (χ0n) is 12.3. The summed E-state index contributed by atoms with van der Waals surface area (Å²) in [7, 11) is -3.29. The molecule has 2 heterocycles. The second kappa shape index (κ2) is 4.98. The van der Waals surface area contributed by atoms with Gasteiger partial charge in [-0.25, -0.2) is 8.42 Å². The summed E-state index contributed by atoms with van der Waals surface area (Å²) in [5, 5.41) is -0.585. The minimum atomic E-state index is -3.29. The van der Waals surface area contributed by atoms with Crippen molar-refractivity contribution in [3.05, 3.63) is 0 Å². The molecular formula is C13H24O5S. The largest absolute Gasteiger partial charge is 0.371 e. The second-order valence-electron chi connectivity index (χ2n) is 6.52. The zero-order chi connectivity index (χ0) is 14.4. The van der Waals surface area contributed by atoms with Gasteiger partial charge in [-0.1, -0.05) is 0 Å². The summed E-state index contributed by atoms with van der Waals surface area (Å²) in [6.07, 6.45) is -0.739. The number of rotatable bonds is 3. The first-order chi connectivity index (χ1) is 8.64. The lowest BCUT2D eigenvalue weighted by Crippen LogP contribution is -2.44. The quantitative estimate of drug-likeness (QED) is 0.781. The van der Waals surface area contributed by atoms with E-state index in [1.165, 1.54) is 0 Å². The number of fused-ring (bicyclic) bond motifs is 1. The maximum Gasteiger partial charge on any atom is 0.162 e. The van der Waals surface area contributed by atoms with Gasteiger partial charge in [0.15, 0.2) is 9.84 Å². The first kappa shape index (κ1) is 15.2. The van der Waals surface area contributed by atoms with Crippen LogP contribution >= 0.6 is 0 Å². The van der Waals surface area contributed by atoms with E-state index in [0.29, 0.717) is 6.61 Å². The Morgan fingerprint density at radius 1 is 1.11 bits per heavy atom. The normalized spacial score (nSPS) is 35.9. The zero-order valence-corrected chi connectivity index (χ0v) is 13.1. The molecule has 0 aromatic rings. The second-order valence-corrected chi connectivity index (χ2v) is 9.44. The standard InChI is InChI=1S/C13H24O5S/c1-8(2)18-9-6-16-12-10(7-17-11(9)12)19(14,15)13(3,4)5/h8-12H,6-7H2,1-5H3/t9?,10?,11-,12-/m1/s1. The van der Waals surface area contributed by atoms with Crippen molar-refractivity contribution < 1.29 is 22.6 Å². The Labute approximate surface area is 115 Å². The lowest BCUT2D eigenvalue weighted by Gasteiger charge is -2.26. The number of hydrogen-bond donors (Lipinski definition) is 0. The predicted octanol–water partition coefficient (Wildman–Crippen LogP) is 1.16. The van der Waals surface area contributed by atoms with Crippen LogP contribution in [0.5, 0.6) is 0 Å². The molecule has 2 unspecified atom stereocenters. The first-order valence-electron chi connectivity index (χ1n) is 6.76. The van der Waals surface area contributed by atoms with Gasteiger partial charge in [0.2, 0.25) is 0 Å². The highest BCUT2D eigenvalue weighted by Gasteiger charge is 2.55. The summed E-state index contributed by atoms with van der Waals surface area (Å²) in [6.45, 7) is 9.65. The molecule has 6 heteroatoms. The van der Waals surface area contributed by atoms with Crippen LogP contribution in [0.25, 0.3) is 0 Å². The highest BCUT2D eigenvalue weighted by atomic mass is 32.2. The van der Waals surface area contributed by atoms with E-state index >= 15 is 0 Å². The van der Waals surface area contributed by atoms with Crippen LogP contribution in [0.3, 0.4) is 0 Å². The molecule has 4 atom stereocenters. The van der Waals surface area contributed by atoms with Gasteiger partial charge in [-0.3, -0.25) is 0 Å². The van der Waals surface area contributed by atoms with Crippen LogP contribution in [0.15, 0.2) is 0 Å². The summed E-state index contributed by atoms with van der Waals surface area (Å²) in [4.78, 5) is 0. The van der Waals surface area contributed by atoms with Crippen molar-refractivity contribution in [2.24, 2.45) is 0 Å². The maximum atomic E-state index is 12.5. The van der Waals surface area contributed by atoms with Crippen molar-refractivity contribution in [3.8, 4) is 0 Å². The average molecular weight is 292 g/mol. The van der Waals surface area contributed by atoms with E-state index in [4.69, 9.17) is 14.2 Å². The topological polar surface area (TPSA) is 61.8 Å². The van der Waals surface area contributed by atoms with E-state index in [2.05, 4.69) is 0 Å². The Hall–Kier alpha value is -0.170.